The average Bonchev–Trinajstić information content (AvgIpc) is 2.15. The molecule has 0 aromatic heterocycles. The van der Waals surface area contributed by atoms with Gasteiger partial charge in [-0.3, -0.25) is 4.79 Å². The van der Waals surface area contributed by atoms with Crippen LogP contribution in [0, 0.1) is 0 Å². The van der Waals surface area contributed by atoms with Gasteiger partial charge in [-0.05, 0) is 18.2 Å². The molecule has 0 aliphatic carbocycles. The summed E-state index contributed by atoms with van der Waals surface area (Å²) in [6.07, 6.45) is 0. The van der Waals surface area contributed by atoms with Gasteiger partial charge in [0, 0.05) is 17.6 Å². The highest BCUT2D eigenvalue weighted by Gasteiger charge is 2.17. The third-order valence-corrected chi connectivity index (χ3v) is 3.17. The molecule has 92 valence electrons. The standard InChI is InChI=1S/C9H8ClNO5S/c1-5(12)11-8-3-2-6(17(10,15)16)4-7(8)9(13)14/h2-4H,1H3,(H,11,12)(H,13,14). The smallest absolute Gasteiger partial charge is 0.337 e. The number of amides is 1. The van der Waals surface area contributed by atoms with Crippen LogP contribution in [-0.4, -0.2) is 25.4 Å². The highest BCUT2D eigenvalue weighted by atomic mass is 35.7. The van der Waals surface area contributed by atoms with Crippen LogP contribution in [0.4, 0.5) is 5.69 Å². The van der Waals surface area contributed by atoms with E-state index in [1.807, 2.05) is 0 Å². The van der Waals surface area contributed by atoms with Crippen LogP contribution in [0.15, 0.2) is 23.1 Å². The molecule has 0 aliphatic heterocycles. The Morgan fingerprint density at radius 2 is 1.94 bits per heavy atom. The molecule has 0 fully saturated rings. The highest BCUT2D eigenvalue weighted by molar-refractivity contribution is 8.13. The SMILES string of the molecule is CC(=O)Nc1ccc(S(=O)(=O)Cl)cc1C(=O)O. The first-order chi connectivity index (χ1) is 7.71. The summed E-state index contributed by atoms with van der Waals surface area (Å²) < 4.78 is 22.1. The first kappa shape index (κ1) is 13.5. The van der Waals surface area contributed by atoms with Gasteiger partial charge in [0.1, 0.15) is 0 Å². The van der Waals surface area contributed by atoms with Gasteiger partial charge in [-0.25, -0.2) is 13.2 Å². The van der Waals surface area contributed by atoms with Crippen molar-refractivity contribution in [1.29, 1.82) is 0 Å². The lowest BCUT2D eigenvalue weighted by Crippen LogP contribution is -2.11. The van der Waals surface area contributed by atoms with Crippen LogP contribution >= 0.6 is 10.7 Å². The maximum absolute atomic E-state index is 11.0. The van der Waals surface area contributed by atoms with Crippen molar-refractivity contribution in [2.75, 3.05) is 5.32 Å². The van der Waals surface area contributed by atoms with Gasteiger partial charge >= 0.3 is 5.97 Å². The quantitative estimate of drug-likeness (QED) is 0.810. The summed E-state index contributed by atoms with van der Waals surface area (Å²) in [5.41, 5.74) is -0.337. The Bertz CT molecular complexity index is 581. The van der Waals surface area contributed by atoms with Gasteiger partial charge in [0.2, 0.25) is 5.91 Å². The Morgan fingerprint density at radius 3 is 2.35 bits per heavy atom. The van der Waals surface area contributed by atoms with E-state index in [1.165, 1.54) is 13.0 Å². The molecular formula is C9H8ClNO5S. The summed E-state index contributed by atoms with van der Waals surface area (Å²) in [6.45, 7) is 1.21. The maximum Gasteiger partial charge on any atom is 0.337 e. The Labute approximate surface area is 102 Å². The summed E-state index contributed by atoms with van der Waals surface area (Å²) in [6, 6.07) is 3.16. The van der Waals surface area contributed by atoms with Gasteiger partial charge in [-0.15, -0.1) is 0 Å². The number of carbonyl (C=O) groups is 2. The van der Waals surface area contributed by atoms with Crippen LogP contribution in [0.3, 0.4) is 0 Å². The molecule has 0 spiro atoms. The molecule has 1 aromatic carbocycles. The van der Waals surface area contributed by atoms with Crippen LogP contribution in [0.5, 0.6) is 0 Å². The maximum atomic E-state index is 11.0. The number of hydrogen-bond acceptors (Lipinski definition) is 4. The number of halogens is 1. The van der Waals surface area contributed by atoms with Crippen LogP contribution in [-0.2, 0) is 13.8 Å². The van der Waals surface area contributed by atoms with Gasteiger partial charge in [0.05, 0.1) is 16.1 Å². The molecule has 0 heterocycles. The minimum atomic E-state index is -4.01. The molecule has 17 heavy (non-hydrogen) atoms. The lowest BCUT2D eigenvalue weighted by Gasteiger charge is -2.07. The van der Waals surface area contributed by atoms with Gasteiger partial charge in [0.15, 0.2) is 0 Å². The second-order valence-corrected chi connectivity index (χ2v) is 5.70. The van der Waals surface area contributed by atoms with Crippen LogP contribution in [0.25, 0.3) is 0 Å². The van der Waals surface area contributed by atoms with Crippen LogP contribution < -0.4 is 5.32 Å². The number of aromatic carboxylic acids is 1. The molecular weight excluding hydrogens is 270 g/mol. The van der Waals surface area contributed by atoms with E-state index in [2.05, 4.69) is 5.32 Å². The van der Waals surface area contributed by atoms with Crippen molar-refractivity contribution in [3.8, 4) is 0 Å². The zero-order valence-corrected chi connectivity index (χ0v) is 10.2. The molecule has 0 saturated heterocycles. The second kappa shape index (κ2) is 4.72. The van der Waals surface area contributed by atoms with Crippen LogP contribution in [0.1, 0.15) is 17.3 Å². The molecule has 1 aromatic rings. The largest absolute Gasteiger partial charge is 0.478 e. The molecule has 1 amide bonds. The van der Waals surface area contributed by atoms with Gasteiger partial charge < -0.3 is 10.4 Å². The zero-order valence-electron chi connectivity index (χ0n) is 8.60. The Hall–Kier alpha value is -1.60. The average molecular weight is 278 g/mol. The zero-order chi connectivity index (χ0) is 13.2. The predicted octanol–water partition coefficient (Wildman–Crippen LogP) is 1.27. The van der Waals surface area contributed by atoms with E-state index in [9.17, 15) is 18.0 Å². The monoisotopic (exact) mass is 277 g/mol. The number of rotatable bonds is 3. The van der Waals surface area contributed by atoms with E-state index in [4.69, 9.17) is 15.8 Å². The molecule has 6 nitrogen and oxygen atoms in total. The topological polar surface area (TPSA) is 101 Å². The van der Waals surface area contributed by atoms with E-state index < -0.39 is 20.9 Å². The van der Waals surface area contributed by atoms with Gasteiger partial charge in [0.25, 0.3) is 9.05 Å². The van der Waals surface area contributed by atoms with Crippen molar-refractivity contribution in [1.82, 2.24) is 0 Å². The number of nitrogens with one attached hydrogen (secondary N) is 1. The molecule has 0 unspecified atom stereocenters. The van der Waals surface area contributed by atoms with E-state index in [-0.39, 0.29) is 16.1 Å². The Morgan fingerprint density at radius 1 is 1.35 bits per heavy atom. The molecule has 0 aliphatic rings. The number of hydrogen-bond donors (Lipinski definition) is 2. The van der Waals surface area contributed by atoms with Gasteiger partial charge in [-0.1, -0.05) is 0 Å². The van der Waals surface area contributed by atoms with Crippen LogP contribution in [0.2, 0.25) is 0 Å². The molecule has 8 heteroatoms. The summed E-state index contributed by atoms with van der Waals surface area (Å²) in [5.74, 6) is -1.83. The second-order valence-electron chi connectivity index (χ2n) is 3.13. The fraction of sp³-hybridized carbons (Fsp3) is 0.111. The van der Waals surface area contributed by atoms with Crippen molar-refractivity contribution < 1.29 is 23.1 Å². The lowest BCUT2D eigenvalue weighted by atomic mass is 10.2. The first-order valence-corrected chi connectivity index (χ1v) is 6.62. The molecule has 0 bridgehead atoms. The van der Waals surface area contributed by atoms with Crippen molar-refractivity contribution in [2.24, 2.45) is 0 Å². The molecule has 1 rings (SSSR count). The molecule has 0 saturated carbocycles. The third kappa shape index (κ3) is 3.43. The normalized spacial score (nSPS) is 10.9. The summed E-state index contributed by atoms with van der Waals surface area (Å²) in [7, 11) is 1.08. The first-order valence-electron chi connectivity index (χ1n) is 4.31. The number of carboxylic acid groups (broad SMARTS) is 1. The number of benzene rings is 1. The molecule has 0 atom stereocenters. The number of anilines is 1. The summed E-state index contributed by atoms with van der Waals surface area (Å²) in [4.78, 5) is 21.4. The van der Waals surface area contributed by atoms with Crippen molar-refractivity contribution in [3.63, 3.8) is 0 Å². The van der Waals surface area contributed by atoms with E-state index in [0.29, 0.717) is 0 Å². The van der Waals surface area contributed by atoms with Crippen molar-refractivity contribution >= 4 is 37.3 Å². The van der Waals surface area contributed by atoms with E-state index >= 15 is 0 Å². The highest BCUT2D eigenvalue weighted by Crippen LogP contribution is 2.22. The summed E-state index contributed by atoms with van der Waals surface area (Å²) >= 11 is 0. The lowest BCUT2D eigenvalue weighted by molar-refractivity contribution is -0.114. The van der Waals surface area contributed by atoms with Crippen molar-refractivity contribution in [3.05, 3.63) is 23.8 Å². The van der Waals surface area contributed by atoms with Gasteiger partial charge in [-0.2, -0.15) is 0 Å². The summed E-state index contributed by atoms with van der Waals surface area (Å²) in [5, 5.41) is 11.2. The molecule has 2 N–H and O–H groups in total. The fourth-order valence-electron chi connectivity index (χ4n) is 1.15. The predicted molar refractivity (Wildman–Crippen MR) is 60.7 cm³/mol. The van der Waals surface area contributed by atoms with E-state index in [0.717, 1.165) is 12.1 Å². The Kier molecular flexibility index (Phi) is 3.74. The van der Waals surface area contributed by atoms with Crippen molar-refractivity contribution in [2.45, 2.75) is 11.8 Å². The number of carboxylic acids is 1. The minimum Gasteiger partial charge on any atom is -0.478 e. The number of carbonyl (C=O) groups excluding carboxylic acids is 1. The minimum absolute atomic E-state index is 0.00840. The Balaban J connectivity index is 3.37. The fourth-order valence-corrected chi connectivity index (χ4v) is 1.93. The molecule has 0 radical (unpaired) electrons. The third-order valence-electron chi connectivity index (χ3n) is 1.81. The van der Waals surface area contributed by atoms with E-state index in [1.54, 1.807) is 0 Å².